The van der Waals surface area contributed by atoms with Crippen LogP contribution in [-0.2, 0) is 11.2 Å². The summed E-state index contributed by atoms with van der Waals surface area (Å²) in [5, 5.41) is 11.2. The topological polar surface area (TPSA) is 68.0 Å². The number of benzene rings is 3. The van der Waals surface area contributed by atoms with E-state index in [-0.39, 0.29) is 11.8 Å². The molecule has 5 nitrogen and oxygen atoms in total. The van der Waals surface area contributed by atoms with Crippen molar-refractivity contribution < 1.29 is 9.21 Å². The van der Waals surface area contributed by atoms with Crippen LogP contribution in [0.2, 0.25) is 0 Å². The average Bonchev–Trinajstić information content (AvgIpc) is 3.25. The third kappa shape index (κ3) is 4.58. The zero-order valence-electron chi connectivity index (χ0n) is 15.9. The van der Waals surface area contributed by atoms with Crippen molar-refractivity contribution in [1.29, 1.82) is 0 Å². The Kier molecular flexibility index (Phi) is 5.76. The van der Waals surface area contributed by atoms with E-state index in [9.17, 15) is 4.79 Å². The Bertz CT molecular complexity index is 1010. The Morgan fingerprint density at radius 1 is 0.793 bits per heavy atom. The van der Waals surface area contributed by atoms with Crippen LogP contribution in [0.25, 0.3) is 11.5 Å². The van der Waals surface area contributed by atoms with Crippen LogP contribution in [0, 0.1) is 0 Å². The summed E-state index contributed by atoms with van der Waals surface area (Å²) in [5.74, 6) is 0.573. The molecule has 0 unspecified atom stereocenters. The molecule has 144 valence electrons. The highest BCUT2D eigenvalue weighted by molar-refractivity contribution is 5.87. The molecule has 1 heterocycles. The first-order chi connectivity index (χ1) is 14.3. The molecule has 0 spiro atoms. The van der Waals surface area contributed by atoms with Gasteiger partial charge in [-0.15, -0.1) is 10.2 Å². The van der Waals surface area contributed by atoms with E-state index >= 15 is 0 Å². The molecule has 0 bridgehead atoms. The predicted octanol–water partition coefficient (Wildman–Crippen LogP) is 4.23. The summed E-state index contributed by atoms with van der Waals surface area (Å²) < 4.78 is 5.71. The van der Waals surface area contributed by atoms with Gasteiger partial charge in [0.05, 0.1) is 5.92 Å². The van der Waals surface area contributed by atoms with Gasteiger partial charge in [-0.1, -0.05) is 78.9 Å². The van der Waals surface area contributed by atoms with E-state index in [2.05, 4.69) is 15.5 Å². The maximum atomic E-state index is 13.0. The Morgan fingerprint density at radius 2 is 1.34 bits per heavy atom. The minimum absolute atomic E-state index is 0.0507. The van der Waals surface area contributed by atoms with E-state index in [0.29, 0.717) is 24.7 Å². The number of carbonyl (C=O) groups is 1. The van der Waals surface area contributed by atoms with Crippen LogP contribution < -0.4 is 5.32 Å². The summed E-state index contributed by atoms with van der Waals surface area (Å²) in [6, 6.07) is 29.2. The van der Waals surface area contributed by atoms with Crippen molar-refractivity contribution in [3.05, 3.63) is 108 Å². The Labute approximate surface area is 169 Å². The third-order valence-corrected chi connectivity index (χ3v) is 4.65. The van der Waals surface area contributed by atoms with E-state index in [1.54, 1.807) is 0 Å². The van der Waals surface area contributed by atoms with Gasteiger partial charge in [0.15, 0.2) is 0 Å². The molecular weight excluding hydrogens is 362 g/mol. The fraction of sp³-hybridized carbons (Fsp3) is 0.125. The standard InChI is InChI=1S/C24H21N3O2/c28-23(22(18-10-4-1-5-11-18)19-12-6-2-7-13-19)25-17-16-21-26-27-24(29-21)20-14-8-3-9-15-20/h1-15,22H,16-17H2,(H,25,28). The largest absolute Gasteiger partial charge is 0.421 e. The number of amides is 1. The molecule has 29 heavy (non-hydrogen) atoms. The minimum atomic E-state index is -0.361. The fourth-order valence-corrected chi connectivity index (χ4v) is 3.23. The van der Waals surface area contributed by atoms with Gasteiger partial charge in [0.2, 0.25) is 17.7 Å². The molecule has 0 aliphatic carbocycles. The van der Waals surface area contributed by atoms with Crippen LogP contribution in [0.15, 0.2) is 95.4 Å². The summed E-state index contributed by atoms with van der Waals surface area (Å²) in [6.45, 7) is 0.422. The Hall–Kier alpha value is -3.73. The zero-order chi connectivity index (χ0) is 19.9. The summed E-state index contributed by atoms with van der Waals surface area (Å²) >= 11 is 0. The number of hydrogen-bond donors (Lipinski definition) is 1. The van der Waals surface area contributed by atoms with Gasteiger partial charge in [0.1, 0.15) is 0 Å². The highest BCUT2D eigenvalue weighted by Crippen LogP contribution is 2.24. The maximum Gasteiger partial charge on any atom is 0.247 e. The van der Waals surface area contributed by atoms with Crippen molar-refractivity contribution >= 4 is 5.91 Å². The summed E-state index contributed by atoms with van der Waals surface area (Å²) in [4.78, 5) is 13.0. The highest BCUT2D eigenvalue weighted by Gasteiger charge is 2.22. The first kappa shape index (κ1) is 18.6. The van der Waals surface area contributed by atoms with Gasteiger partial charge in [-0.3, -0.25) is 4.79 Å². The Morgan fingerprint density at radius 3 is 1.93 bits per heavy atom. The maximum absolute atomic E-state index is 13.0. The van der Waals surface area contributed by atoms with Crippen LogP contribution in [0.4, 0.5) is 0 Å². The molecule has 0 aliphatic heterocycles. The molecule has 0 saturated heterocycles. The second kappa shape index (κ2) is 8.97. The third-order valence-electron chi connectivity index (χ3n) is 4.65. The van der Waals surface area contributed by atoms with Gasteiger partial charge < -0.3 is 9.73 Å². The zero-order valence-corrected chi connectivity index (χ0v) is 15.9. The van der Waals surface area contributed by atoms with E-state index < -0.39 is 0 Å². The van der Waals surface area contributed by atoms with Crippen molar-refractivity contribution in [3.63, 3.8) is 0 Å². The van der Waals surface area contributed by atoms with Crippen molar-refractivity contribution in [3.8, 4) is 11.5 Å². The molecule has 5 heteroatoms. The quantitative estimate of drug-likeness (QED) is 0.519. The lowest BCUT2D eigenvalue weighted by atomic mass is 9.90. The minimum Gasteiger partial charge on any atom is -0.421 e. The molecule has 0 fully saturated rings. The number of nitrogens with one attached hydrogen (secondary N) is 1. The summed E-state index contributed by atoms with van der Waals surface area (Å²) in [7, 11) is 0. The van der Waals surface area contributed by atoms with Crippen LogP contribution in [0.3, 0.4) is 0 Å². The van der Waals surface area contributed by atoms with E-state index in [0.717, 1.165) is 16.7 Å². The monoisotopic (exact) mass is 383 g/mol. The highest BCUT2D eigenvalue weighted by atomic mass is 16.4. The number of aromatic nitrogens is 2. The van der Waals surface area contributed by atoms with Gasteiger partial charge in [-0.25, -0.2) is 0 Å². The number of nitrogens with zero attached hydrogens (tertiary/aromatic N) is 2. The predicted molar refractivity (Wildman–Crippen MR) is 111 cm³/mol. The number of hydrogen-bond acceptors (Lipinski definition) is 4. The van der Waals surface area contributed by atoms with Gasteiger partial charge >= 0.3 is 0 Å². The molecule has 0 aliphatic rings. The lowest BCUT2D eigenvalue weighted by molar-refractivity contribution is -0.121. The smallest absolute Gasteiger partial charge is 0.247 e. The van der Waals surface area contributed by atoms with Crippen LogP contribution in [0.5, 0.6) is 0 Å². The van der Waals surface area contributed by atoms with Gasteiger partial charge in [0.25, 0.3) is 0 Å². The fourth-order valence-electron chi connectivity index (χ4n) is 3.23. The second-order valence-electron chi connectivity index (χ2n) is 6.66. The molecule has 3 aromatic carbocycles. The number of carbonyl (C=O) groups excluding carboxylic acids is 1. The lowest BCUT2D eigenvalue weighted by Gasteiger charge is -2.17. The van der Waals surface area contributed by atoms with E-state index in [4.69, 9.17) is 4.42 Å². The molecule has 4 rings (SSSR count). The van der Waals surface area contributed by atoms with Gasteiger partial charge in [-0.05, 0) is 23.3 Å². The molecule has 4 aromatic rings. The normalized spacial score (nSPS) is 10.8. The molecule has 1 N–H and O–H groups in total. The molecule has 0 atom stereocenters. The van der Waals surface area contributed by atoms with Crippen molar-refractivity contribution in [2.45, 2.75) is 12.3 Å². The van der Waals surface area contributed by atoms with Crippen LogP contribution >= 0.6 is 0 Å². The SMILES string of the molecule is O=C(NCCc1nnc(-c2ccccc2)o1)C(c1ccccc1)c1ccccc1. The first-order valence-corrected chi connectivity index (χ1v) is 9.56. The van der Waals surface area contributed by atoms with E-state index in [1.165, 1.54) is 0 Å². The van der Waals surface area contributed by atoms with Gasteiger partial charge in [-0.2, -0.15) is 0 Å². The molecule has 0 radical (unpaired) electrons. The molecular formula is C24H21N3O2. The Balaban J connectivity index is 1.42. The molecule has 0 saturated carbocycles. The second-order valence-corrected chi connectivity index (χ2v) is 6.66. The summed E-state index contributed by atoms with van der Waals surface area (Å²) in [6.07, 6.45) is 0.474. The number of rotatable bonds is 7. The molecule has 1 amide bonds. The van der Waals surface area contributed by atoms with E-state index in [1.807, 2.05) is 91.0 Å². The van der Waals surface area contributed by atoms with Gasteiger partial charge in [0, 0.05) is 18.5 Å². The first-order valence-electron chi connectivity index (χ1n) is 9.56. The van der Waals surface area contributed by atoms with Crippen molar-refractivity contribution in [1.82, 2.24) is 15.5 Å². The van der Waals surface area contributed by atoms with Crippen molar-refractivity contribution in [2.75, 3.05) is 6.54 Å². The lowest BCUT2D eigenvalue weighted by Crippen LogP contribution is -2.31. The molecule has 1 aromatic heterocycles. The average molecular weight is 383 g/mol. The van der Waals surface area contributed by atoms with Crippen molar-refractivity contribution in [2.24, 2.45) is 0 Å². The van der Waals surface area contributed by atoms with Crippen LogP contribution in [0.1, 0.15) is 22.9 Å². The van der Waals surface area contributed by atoms with Crippen LogP contribution in [-0.4, -0.2) is 22.6 Å². The summed E-state index contributed by atoms with van der Waals surface area (Å²) in [5.41, 5.74) is 2.80.